The van der Waals surface area contributed by atoms with Gasteiger partial charge in [0.1, 0.15) is 6.10 Å². The molecule has 1 fully saturated rings. The van der Waals surface area contributed by atoms with Crippen LogP contribution in [0.25, 0.3) is 0 Å². The van der Waals surface area contributed by atoms with Crippen LogP contribution in [0.2, 0.25) is 0 Å². The smallest absolute Gasteiger partial charge is 0.104 e. The lowest BCUT2D eigenvalue weighted by molar-refractivity contribution is 0.113. The van der Waals surface area contributed by atoms with Gasteiger partial charge in [-0.05, 0) is 24.8 Å². The molecule has 1 unspecified atom stereocenters. The molecule has 2 rings (SSSR count). The Morgan fingerprint density at radius 1 is 1.00 bits per heavy atom. The van der Waals surface area contributed by atoms with Gasteiger partial charge in [0.15, 0.2) is 0 Å². The Kier molecular flexibility index (Phi) is 6.24. The van der Waals surface area contributed by atoms with E-state index in [0.717, 1.165) is 19.8 Å². The van der Waals surface area contributed by atoms with Crippen LogP contribution in [-0.2, 0) is 15.9 Å². The SMILES string of the molecule is c1ccc(CCCCCCCOCC2CO2)cc1. The summed E-state index contributed by atoms with van der Waals surface area (Å²) in [4.78, 5) is 0. The molecule has 0 radical (unpaired) electrons. The molecule has 1 aliphatic rings. The maximum absolute atomic E-state index is 5.51. The number of hydrogen-bond acceptors (Lipinski definition) is 2. The first-order valence-corrected chi connectivity index (χ1v) is 7.18. The van der Waals surface area contributed by atoms with Crippen LogP contribution in [0, 0.1) is 0 Å². The number of unbranched alkanes of at least 4 members (excludes halogenated alkanes) is 4. The average molecular weight is 248 g/mol. The Balaban J connectivity index is 1.35. The molecule has 0 aliphatic carbocycles. The molecule has 0 saturated carbocycles. The molecular formula is C16H24O2. The zero-order chi connectivity index (χ0) is 12.5. The summed E-state index contributed by atoms with van der Waals surface area (Å²) in [6, 6.07) is 10.8. The summed E-state index contributed by atoms with van der Waals surface area (Å²) in [7, 11) is 0. The Morgan fingerprint density at radius 2 is 1.72 bits per heavy atom. The predicted molar refractivity (Wildman–Crippen MR) is 73.8 cm³/mol. The standard InChI is InChI=1S/C16H24O2/c1(3-8-12-17-13-16-14-18-16)2-5-9-15-10-6-4-7-11-15/h4,6-7,10-11,16H,1-3,5,8-9,12-14H2. The van der Waals surface area contributed by atoms with Gasteiger partial charge in [-0.3, -0.25) is 0 Å². The summed E-state index contributed by atoms with van der Waals surface area (Å²) in [5.74, 6) is 0. The van der Waals surface area contributed by atoms with Gasteiger partial charge in [-0.25, -0.2) is 0 Å². The molecule has 0 amide bonds. The van der Waals surface area contributed by atoms with E-state index in [1.807, 2.05) is 0 Å². The summed E-state index contributed by atoms with van der Waals surface area (Å²) in [6.45, 7) is 2.60. The summed E-state index contributed by atoms with van der Waals surface area (Å²) >= 11 is 0. The average Bonchev–Trinajstić information content (AvgIpc) is 3.22. The van der Waals surface area contributed by atoms with Crippen molar-refractivity contribution in [1.29, 1.82) is 0 Å². The van der Waals surface area contributed by atoms with Crippen molar-refractivity contribution in [2.75, 3.05) is 19.8 Å². The van der Waals surface area contributed by atoms with Crippen LogP contribution in [0.5, 0.6) is 0 Å². The zero-order valence-electron chi connectivity index (χ0n) is 11.1. The van der Waals surface area contributed by atoms with E-state index in [9.17, 15) is 0 Å². The highest BCUT2D eigenvalue weighted by atomic mass is 16.6. The minimum Gasteiger partial charge on any atom is -0.379 e. The van der Waals surface area contributed by atoms with Gasteiger partial charge in [0.05, 0.1) is 13.2 Å². The van der Waals surface area contributed by atoms with Crippen molar-refractivity contribution in [2.24, 2.45) is 0 Å². The molecule has 0 N–H and O–H groups in total. The Bertz CT molecular complexity index is 306. The Labute approximate surface area is 110 Å². The van der Waals surface area contributed by atoms with Gasteiger partial charge in [0, 0.05) is 6.61 Å². The van der Waals surface area contributed by atoms with Crippen LogP contribution in [0.3, 0.4) is 0 Å². The van der Waals surface area contributed by atoms with Crippen LogP contribution >= 0.6 is 0 Å². The maximum Gasteiger partial charge on any atom is 0.104 e. The number of rotatable bonds is 10. The summed E-state index contributed by atoms with van der Waals surface area (Å²) in [5.41, 5.74) is 1.46. The normalized spacial score (nSPS) is 17.9. The molecule has 1 saturated heterocycles. The second kappa shape index (κ2) is 8.28. The van der Waals surface area contributed by atoms with Crippen molar-refractivity contribution in [3.8, 4) is 0 Å². The number of epoxide rings is 1. The third kappa shape index (κ3) is 6.18. The first kappa shape index (κ1) is 13.6. The van der Waals surface area contributed by atoms with Gasteiger partial charge in [0.2, 0.25) is 0 Å². The predicted octanol–water partition coefficient (Wildman–Crippen LogP) is 3.60. The first-order valence-electron chi connectivity index (χ1n) is 7.18. The molecule has 18 heavy (non-hydrogen) atoms. The van der Waals surface area contributed by atoms with Crippen molar-refractivity contribution in [2.45, 2.75) is 44.6 Å². The van der Waals surface area contributed by atoms with Gasteiger partial charge in [-0.15, -0.1) is 0 Å². The third-order valence-corrected chi connectivity index (χ3v) is 3.30. The number of benzene rings is 1. The molecule has 1 heterocycles. The van der Waals surface area contributed by atoms with E-state index in [0.29, 0.717) is 6.10 Å². The highest BCUT2D eigenvalue weighted by Gasteiger charge is 2.21. The lowest BCUT2D eigenvalue weighted by Crippen LogP contribution is -2.02. The quantitative estimate of drug-likeness (QED) is 0.466. The Morgan fingerprint density at radius 3 is 2.50 bits per heavy atom. The Hall–Kier alpha value is -0.860. The van der Waals surface area contributed by atoms with Crippen molar-refractivity contribution in [3.05, 3.63) is 35.9 Å². The fourth-order valence-electron chi connectivity index (χ4n) is 2.09. The van der Waals surface area contributed by atoms with Crippen LogP contribution in [0.1, 0.15) is 37.7 Å². The monoisotopic (exact) mass is 248 g/mol. The van der Waals surface area contributed by atoms with Gasteiger partial charge in [-0.1, -0.05) is 49.6 Å². The first-order chi connectivity index (χ1) is 8.95. The third-order valence-electron chi connectivity index (χ3n) is 3.30. The number of aryl methyl sites for hydroxylation is 1. The minimum atomic E-state index is 0.413. The number of hydrogen-bond donors (Lipinski definition) is 0. The molecule has 0 spiro atoms. The maximum atomic E-state index is 5.51. The lowest BCUT2D eigenvalue weighted by atomic mass is 10.1. The molecule has 0 aromatic heterocycles. The molecule has 2 heteroatoms. The van der Waals surface area contributed by atoms with Crippen molar-refractivity contribution in [3.63, 3.8) is 0 Å². The zero-order valence-corrected chi connectivity index (χ0v) is 11.1. The number of ether oxygens (including phenoxy) is 2. The van der Waals surface area contributed by atoms with E-state index in [1.54, 1.807) is 0 Å². The molecular weight excluding hydrogens is 224 g/mol. The minimum absolute atomic E-state index is 0.413. The fourth-order valence-corrected chi connectivity index (χ4v) is 2.09. The fraction of sp³-hybridized carbons (Fsp3) is 0.625. The van der Waals surface area contributed by atoms with E-state index >= 15 is 0 Å². The summed E-state index contributed by atoms with van der Waals surface area (Å²) in [6.07, 6.45) is 8.09. The van der Waals surface area contributed by atoms with E-state index in [1.165, 1.54) is 44.1 Å². The molecule has 2 nitrogen and oxygen atoms in total. The molecule has 1 aliphatic heterocycles. The van der Waals surface area contributed by atoms with Crippen molar-refractivity contribution >= 4 is 0 Å². The molecule has 1 aromatic carbocycles. The van der Waals surface area contributed by atoms with Gasteiger partial charge < -0.3 is 9.47 Å². The molecule has 1 aromatic rings. The van der Waals surface area contributed by atoms with Gasteiger partial charge >= 0.3 is 0 Å². The van der Waals surface area contributed by atoms with E-state index in [-0.39, 0.29) is 0 Å². The van der Waals surface area contributed by atoms with E-state index < -0.39 is 0 Å². The summed E-state index contributed by atoms with van der Waals surface area (Å²) in [5, 5.41) is 0. The largest absolute Gasteiger partial charge is 0.379 e. The van der Waals surface area contributed by atoms with Crippen LogP contribution in [0.15, 0.2) is 30.3 Å². The molecule has 1 atom stereocenters. The van der Waals surface area contributed by atoms with Crippen LogP contribution in [0.4, 0.5) is 0 Å². The van der Waals surface area contributed by atoms with E-state index in [4.69, 9.17) is 9.47 Å². The second-order valence-corrected chi connectivity index (χ2v) is 5.03. The molecule has 0 bridgehead atoms. The van der Waals surface area contributed by atoms with Crippen molar-refractivity contribution < 1.29 is 9.47 Å². The van der Waals surface area contributed by atoms with E-state index in [2.05, 4.69) is 30.3 Å². The highest BCUT2D eigenvalue weighted by molar-refractivity contribution is 5.14. The van der Waals surface area contributed by atoms with Crippen molar-refractivity contribution in [1.82, 2.24) is 0 Å². The lowest BCUT2D eigenvalue weighted by Gasteiger charge is -2.03. The highest BCUT2D eigenvalue weighted by Crippen LogP contribution is 2.10. The van der Waals surface area contributed by atoms with Crippen LogP contribution < -0.4 is 0 Å². The van der Waals surface area contributed by atoms with Gasteiger partial charge in [-0.2, -0.15) is 0 Å². The van der Waals surface area contributed by atoms with Crippen LogP contribution in [-0.4, -0.2) is 25.9 Å². The topological polar surface area (TPSA) is 21.8 Å². The molecule has 100 valence electrons. The van der Waals surface area contributed by atoms with Gasteiger partial charge in [0.25, 0.3) is 0 Å². The summed E-state index contributed by atoms with van der Waals surface area (Å²) < 4.78 is 10.6. The second-order valence-electron chi connectivity index (χ2n) is 5.03.